The highest BCUT2D eigenvalue weighted by Gasteiger charge is 2.26. The molecular weight excluding hydrogens is 304 g/mol. The molecule has 2 atom stereocenters. The van der Waals surface area contributed by atoms with Crippen molar-refractivity contribution < 1.29 is 14.7 Å². The Bertz CT molecular complexity index is 723. The predicted molar refractivity (Wildman–Crippen MR) is 86.3 cm³/mol. The van der Waals surface area contributed by atoms with Gasteiger partial charge in [0.05, 0.1) is 0 Å². The molecule has 1 heterocycles. The number of aliphatic carboxylic acids is 1. The van der Waals surface area contributed by atoms with Crippen LogP contribution in [0.5, 0.6) is 0 Å². The Morgan fingerprint density at radius 2 is 2.05 bits per heavy atom. The fourth-order valence-corrected chi connectivity index (χ4v) is 2.62. The van der Waals surface area contributed by atoms with Crippen LogP contribution in [0.15, 0.2) is 24.3 Å². The van der Waals surface area contributed by atoms with Gasteiger partial charge >= 0.3 is 5.97 Å². The van der Waals surface area contributed by atoms with Gasteiger partial charge in [0.1, 0.15) is 11.7 Å². The van der Waals surface area contributed by atoms with E-state index in [0.29, 0.717) is 17.1 Å². The molecule has 1 aromatic carbocycles. The highest BCUT2D eigenvalue weighted by atomic mass is 35.5. The number of aryl methyl sites for hydroxylation is 1. The topological polar surface area (TPSA) is 71.3 Å². The van der Waals surface area contributed by atoms with Crippen LogP contribution < -0.4 is 5.32 Å². The number of carboxylic acid groups (broad SMARTS) is 1. The molecule has 22 heavy (non-hydrogen) atoms. The van der Waals surface area contributed by atoms with Crippen molar-refractivity contribution in [1.82, 2.24) is 9.88 Å². The minimum atomic E-state index is -1.02. The average Bonchev–Trinajstić information content (AvgIpc) is 2.79. The Morgan fingerprint density at radius 1 is 1.36 bits per heavy atom. The van der Waals surface area contributed by atoms with Gasteiger partial charge in [0.25, 0.3) is 5.91 Å². The Morgan fingerprint density at radius 3 is 2.64 bits per heavy atom. The van der Waals surface area contributed by atoms with Gasteiger partial charge in [0, 0.05) is 23.0 Å². The second-order valence-electron chi connectivity index (χ2n) is 5.47. The summed E-state index contributed by atoms with van der Waals surface area (Å²) in [6.07, 6.45) is 0.669. The summed E-state index contributed by atoms with van der Waals surface area (Å²) < 4.78 is 1.73. The molecule has 0 radical (unpaired) electrons. The number of benzene rings is 1. The maximum absolute atomic E-state index is 12.4. The molecule has 0 saturated carbocycles. The molecule has 0 aliphatic heterocycles. The summed E-state index contributed by atoms with van der Waals surface area (Å²) in [6, 6.07) is 6.17. The summed E-state index contributed by atoms with van der Waals surface area (Å²) in [5.74, 6) is -1.57. The number of amides is 1. The van der Waals surface area contributed by atoms with E-state index in [-0.39, 0.29) is 5.92 Å². The maximum atomic E-state index is 12.4. The van der Waals surface area contributed by atoms with Gasteiger partial charge in [-0.05, 0) is 30.2 Å². The largest absolute Gasteiger partial charge is 0.480 e. The molecule has 2 aromatic rings. The van der Waals surface area contributed by atoms with Crippen LogP contribution in [0, 0.1) is 5.92 Å². The molecule has 1 unspecified atom stereocenters. The first kappa shape index (κ1) is 16.4. The summed E-state index contributed by atoms with van der Waals surface area (Å²) in [4.78, 5) is 23.8. The lowest BCUT2D eigenvalue weighted by Gasteiger charge is -2.20. The van der Waals surface area contributed by atoms with Gasteiger partial charge in [0.2, 0.25) is 0 Å². The number of carboxylic acids is 1. The van der Waals surface area contributed by atoms with E-state index in [9.17, 15) is 14.7 Å². The molecule has 2 N–H and O–H groups in total. The predicted octanol–water partition coefficient (Wildman–Crippen LogP) is 3.06. The van der Waals surface area contributed by atoms with E-state index in [1.165, 1.54) is 0 Å². The quantitative estimate of drug-likeness (QED) is 0.888. The first-order valence-corrected chi connectivity index (χ1v) is 7.51. The molecule has 2 rings (SSSR count). The molecule has 0 fully saturated rings. The molecule has 1 amide bonds. The summed E-state index contributed by atoms with van der Waals surface area (Å²) in [6.45, 7) is 3.70. The SMILES string of the molecule is CCC(C)[C@H](NC(=O)c1cc2cc(Cl)ccc2n1C)C(=O)O. The van der Waals surface area contributed by atoms with Crippen molar-refractivity contribution in [1.29, 1.82) is 0 Å². The molecule has 0 saturated heterocycles. The molecule has 0 bridgehead atoms. The van der Waals surface area contributed by atoms with E-state index in [1.807, 2.05) is 13.0 Å². The number of halogens is 1. The molecule has 1 aromatic heterocycles. The van der Waals surface area contributed by atoms with E-state index in [2.05, 4.69) is 5.32 Å². The van der Waals surface area contributed by atoms with E-state index in [0.717, 1.165) is 10.9 Å². The van der Waals surface area contributed by atoms with Crippen LogP contribution >= 0.6 is 11.6 Å². The summed E-state index contributed by atoms with van der Waals surface area (Å²) >= 11 is 5.96. The van der Waals surface area contributed by atoms with Crippen LogP contribution in [-0.4, -0.2) is 27.6 Å². The van der Waals surface area contributed by atoms with Crippen LogP contribution in [0.3, 0.4) is 0 Å². The summed E-state index contributed by atoms with van der Waals surface area (Å²) in [7, 11) is 1.77. The smallest absolute Gasteiger partial charge is 0.326 e. The lowest BCUT2D eigenvalue weighted by molar-refractivity contribution is -0.140. The Hall–Kier alpha value is -2.01. The van der Waals surface area contributed by atoms with Crippen molar-refractivity contribution in [3.8, 4) is 0 Å². The third-order valence-corrected chi connectivity index (χ3v) is 4.24. The van der Waals surface area contributed by atoms with Gasteiger partial charge in [-0.2, -0.15) is 0 Å². The third-order valence-electron chi connectivity index (χ3n) is 4.00. The molecule has 0 aliphatic carbocycles. The van der Waals surface area contributed by atoms with Crippen molar-refractivity contribution in [2.45, 2.75) is 26.3 Å². The maximum Gasteiger partial charge on any atom is 0.326 e. The van der Waals surface area contributed by atoms with Crippen molar-refractivity contribution in [2.24, 2.45) is 13.0 Å². The minimum absolute atomic E-state index is 0.148. The molecule has 0 aliphatic rings. The Labute approximate surface area is 133 Å². The molecule has 0 spiro atoms. The zero-order valence-corrected chi connectivity index (χ0v) is 13.5. The highest BCUT2D eigenvalue weighted by molar-refractivity contribution is 6.31. The average molecular weight is 323 g/mol. The van der Waals surface area contributed by atoms with Crippen molar-refractivity contribution in [3.05, 3.63) is 35.0 Å². The zero-order valence-electron chi connectivity index (χ0n) is 12.8. The second kappa shape index (κ2) is 6.40. The van der Waals surface area contributed by atoms with Gasteiger partial charge in [-0.25, -0.2) is 4.79 Å². The zero-order chi connectivity index (χ0) is 16.4. The lowest BCUT2D eigenvalue weighted by Crippen LogP contribution is -2.45. The van der Waals surface area contributed by atoms with Gasteiger partial charge in [-0.3, -0.25) is 4.79 Å². The summed E-state index contributed by atoms with van der Waals surface area (Å²) in [5, 5.41) is 13.3. The van der Waals surface area contributed by atoms with E-state index in [4.69, 9.17) is 11.6 Å². The number of hydrogen-bond acceptors (Lipinski definition) is 2. The van der Waals surface area contributed by atoms with Crippen molar-refractivity contribution in [2.75, 3.05) is 0 Å². The van der Waals surface area contributed by atoms with Gasteiger partial charge in [-0.15, -0.1) is 0 Å². The van der Waals surface area contributed by atoms with Crippen LogP contribution in [0.4, 0.5) is 0 Å². The number of aromatic nitrogens is 1. The van der Waals surface area contributed by atoms with Crippen LogP contribution in [0.2, 0.25) is 5.02 Å². The van der Waals surface area contributed by atoms with Crippen LogP contribution in [-0.2, 0) is 11.8 Å². The Kier molecular flexibility index (Phi) is 4.76. The Balaban J connectivity index is 2.33. The molecular formula is C16H19ClN2O3. The lowest BCUT2D eigenvalue weighted by atomic mass is 9.99. The van der Waals surface area contributed by atoms with Gasteiger partial charge in [-0.1, -0.05) is 31.9 Å². The molecule has 5 nitrogen and oxygen atoms in total. The third kappa shape index (κ3) is 3.09. The van der Waals surface area contributed by atoms with Gasteiger partial charge < -0.3 is 15.0 Å². The van der Waals surface area contributed by atoms with Crippen LogP contribution in [0.25, 0.3) is 10.9 Å². The fraction of sp³-hybridized carbons (Fsp3) is 0.375. The van der Waals surface area contributed by atoms with Crippen molar-refractivity contribution in [3.63, 3.8) is 0 Å². The molecule has 6 heteroatoms. The second-order valence-corrected chi connectivity index (χ2v) is 5.90. The first-order chi connectivity index (χ1) is 10.3. The highest BCUT2D eigenvalue weighted by Crippen LogP contribution is 2.23. The number of carbonyl (C=O) groups excluding carboxylic acids is 1. The number of nitrogens with one attached hydrogen (secondary N) is 1. The number of hydrogen-bond donors (Lipinski definition) is 2. The number of rotatable bonds is 5. The molecule has 118 valence electrons. The minimum Gasteiger partial charge on any atom is -0.480 e. The van der Waals surface area contributed by atoms with Crippen LogP contribution in [0.1, 0.15) is 30.8 Å². The monoisotopic (exact) mass is 322 g/mol. The normalized spacial score (nSPS) is 13.8. The van der Waals surface area contributed by atoms with Crippen molar-refractivity contribution >= 4 is 34.4 Å². The van der Waals surface area contributed by atoms with E-state index < -0.39 is 17.9 Å². The summed E-state index contributed by atoms with van der Waals surface area (Å²) in [5.41, 5.74) is 1.27. The standard InChI is InChI=1S/C16H19ClN2O3/c1-4-9(2)14(16(21)22)18-15(20)13-8-10-7-11(17)5-6-12(10)19(13)3/h5-9,14H,4H2,1-3H3,(H,18,20)(H,21,22)/t9?,14-/m0/s1. The fourth-order valence-electron chi connectivity index (χ4n) is 2.44. The van der Waals surface area contributed by atoms with Gasteiger partial charge in [0.15, 0.2) is 0 Å². The van der Waals surface area contributed by atoms with E-state index >= 15 is 0 Å². The van der Waals surface area contributed by atoms with E-state index in [1.54, 1.807) is 36.7 Å². The first-order valence-electron chi connectivity index (χ1n) is 7.13. The number of nitrogens with zero attached hydrogens (tertiary/aromatic N) is 1. The number of fused-ring (bicyclic) bond motifs is 1. The number of carbonyl (C=O) groups is 2.